The quantitative estimate of drug-likeness (QED) is 0.858. The number of pyridine rings is 1. The van der Waals surface area contributed by atoms with Crippen LogP contribution in [0.15, 0.2) is 23.2 Å². The van der Waals surface area contributed by atoms with Gasteiger partial charge in [-0.2, -0.15) is 0 Å². The van der Waals surface area contributed by atoms with Crippen molar-refractivity contribution in [3.05, 3.63) is 18.3 Å². The minimum Gasteiger partial charge on any atom is -0.475 e. The van der Waals surface area contributed by atoms with E-state index in [1.165, 1.54) is 25.7 Å². The van der Waals surface area contributed by atoms with E-state index in [2.05, 4.69) is 16.2 Å². The molecule has 1 aromatic rings. The molecule has 4 nitrogen and oxygen atoms in total. The summed E-state index contributed by atoms with van der Waals surface area (Å²) in [6.07, 6.45) is 6.86. The first kappa shape index (κ1) is 15.0. The lowest BCUT2D eigenvalue weighted by molar-refractivity contribution is 0.153. The first-order valence-electron chi connectivity index (χ1n) is 7.80. The van der Waals surface area contributed by atoms with E-state index in [1.54, 1.807) is 6.20 Å². The lowest BCUT2D eigenvalue weighted by atomic mass is 9.68. The molecule has 0 bridgehead atoms. The minimum absolute atomic E-state index is 0.0742. The molecule has 21 heavy (non-hydrogen) atoms. The van der Waals surface area contributed by atoms with E-state index < -0.39 is 11.0 Å². The van der Waals surface area contributed by atoms with Gasteiger partial charge in [-0.05, 0) is 51.5 Å². The summed E-state index contributed by atoms with van der Waals surface area (Å²) in [5.41, 5.74) is 0.444. The molecule has 1 saturated carbocycles. The van der Waals surface area contributed by atoms with Crippen LogP contribution in [0.4, 0.5) is 0 Å². The highest BCUT2D eigenvalue weighted by atomic mass is 32.2. The van der Waals surface area contributed by atoms with Crippen LogP contribution >= 0.6 is 0 Å². The van der Waals surface area contributed by atoms with Gasteiger partial charge in [0.15, 0.2) is 0 Å². The maximum Gasteiger partial charge on any atom is 0.214 e. The molecule has 2 fully saturated rings. The SMILES string of the molecule is CC(C)Oc1cc(S(=O)N2CC3(CCC3)CC2C)ccn1. The van der Waals surface area contributed by atoms with E-state index >= 15 is 0 Å². The molecule has 2 heterocycles. The molecule has 5 heteroatoms. The van der Waals surface area contributed by atoms with Crippen molar-refractivity contribution in [2.24, 2.45) is 5.41 Å². The van der Waals surface area contributed by atoms with Crippen LogP contribution in [0.3, 0.4) is 0 Å². The molecule has 1 aromatic heterocycles. The Balaban J connectivity index is 1.76. The molecule has 0 amide bonds. The molecule has 2 atom stereocenters. The van der Waals surface area contributed by atoms with Crippen molar-refractivity contribution in [1.82, 2.24) is 9.29 Å². The van der Waals surface area contributed by atoms with Gasteiger partial charge in [0.1, 0.15) is 11.0 Å². The van der Waals surface area contributed by atoms with Gasteiger partial charge in [0.25, 0.3) is 0 Å². The van der Waals surface area contributed by atoms with Gasteiger partial charge < -0.3 is 4.74 Å². The van der Waals surface area contributed by atoms with Crippen molar-refractivity contribution in [2.45, 2.75) is 63.5 Å². The summed E-state index contributed by atoms with van der Waals surface area (Å²) >= 11 is 0. The summed E-state index contributed by atoms with van der Waals surface area (Å²) in [6, 6.07) is 4.03. The third-order valence-electron chi connectivity index (χ3n) is 4.60. The number of ether oxygens (including phenoxy) is 1. The number of hydrogen-bond donors (Lipinski definition) is 0. The second kappa shape index (κ2) is 5.69. The van der Waals surface area contributed by atoms with Crippen molar-refractivity contribution in [2.75, 3.05) is 6.54 Å². The van der Waals surface area contributed by atoms with Crippen molar-refractivity contribution in [3.63, 3.8) is 0 Å². The van der Waals surface area contributed by atoms with E-state index in [9.17, 15) is 4.21 Å². The van der Waals surface area contributed by atoms with Crippen LogP contribution in [0.5, 0.6) is 5.88 Å². The third kappa shape index (κ3) is 2.99. The summed E-state index contributed by atoms with van der Waals surface area (Å²) in [5.74, 6) is 0.557. The van der Waals surface area contributed by atoms with Crippen LogP contribution in [0.1, 0.15) is 46.5 Å². The maximum atomic E-state index is 12.9. The molecule has 1 spiro atoms. The molecule has 1 aliphatic carbocycles. The lowest BCUT2D eigenvalue weighted by Crippen LogP contribution is -2.34. The van der Waals surface area contributed by atoms with Crippen LogP contribution in [0.2, 0.25) is 0 Å². The molecule has 0 radical (unpaired) electrons. The van der Waals surface area contributed by atoms with Crippen molar-refractivity contribution in [3.8, 4) is 5.88 Å². The number of nitrogens with zero attached hydrogens (tertiary/aromatic N) is 2. The Morgan fingerprint density at radius 1 is 1.48 bits per heavy atom. The molecule has 2 unspecified atom stereocenters. The molecular formula is C16H24N2O2S. The molecule has 3 rings (SSSR count). The monoisotopic (exact) mass is 308 g/mol. The fourth-order valence-electron chi connectivity index (χ4n) is 3.48. The van der Waals surface area contributed by atoms with E-state index in [0.717, 1.165) is 11.4 Å². The molecule has 2 aliphatic rings. The van der Waals surface area contributed by atoms with Gasteiger partial charge in [-0.25, -0.2) is 13.5 Å². The Bertz CT molecular complexity index is 543. The fourth-order valence-corrected chi connectivity index (χ4v) is 4.92. The Hall–Kier alpha value is -0.940. The highest BCUT2D eigenvalue weighted by Gasteiger charge is 2.47. The zero-order chi connectivity index (χ0) is 15.0. The zero-order valence-electron chi connectivity index (χ0n) is 13.0. The minimum atomic E-state index is -1.11. The number of hydrogen-bond acceptors (Lipinski definition) is 3. The van der Waals surface area contributed by atoms with E-state index in [1.807, 2.05) is 26.0 Å². The van der Waals surface area contributed by atoms with Crippen LogP contribution in [0.25, 0.3) is 0 Å². The highest BCUT2D eigenvalue weighted by Crippen LogP contribution is 2.50. The summed E-state index contributed by atoms with van der Waals surface area (Å²) in [4.78, 5) is 4.98. The Morgan fingerprint density at radius 2 is 2.24 bits per heavy atom. The first-order valence-corrected chi connectivity index (χ1v) is 8.91. The number of aromatic nitrogens is 1. The van der Waals surface area contributed by atoms with E-state index in [-0.39, 0.29) is 6.10 Å². The predicted octanol–water partition coefficient (Wildman–Crippen LogP) is 3.16. The van der Waals surface area contributed by atoms with Gasteiger partial charge >= 0.3 is 0 Å². The Kier molecular flexibility index (Phi) is 4.06. The summed E-state index contributed by atoms with van der Waals surface area (Å²) < 4.78 is 20.6. The molecule has 1 saturated heterocycles. The molecule has 1 aliphatic heterocycles. The standard InChI is InChI=1S/C16H24N2O2S/c1-12(2)20-15-9-14(5-8-17-15)21(19)18-11-16(6-4-7-16)10-13(18)3/h5,8-9,12-13H,4,6-7,10-11H2,1-3H3. The van der Waals surface area contributed by atoms with Crippen LogP contribution in [0, 0.1) is 5.41 Å². The van der Waals surface area contributed by atoms with Gasteiger partial charge in [-0.3, -0.25) is 0 Å². The average Bonchev–Trinajstić information content (AvgIpc) is 2.75. The molecule has 0 N–H and O–H groups in total. The normalized spacial score (nSPS) is 26.0. The van der Waals surface area contributed by atoms with Gasteiger partial charge in [-0.1, -0.05) is 6.42 Å². The largest absolute Gasteiger partial charge is 0.475 e. The summed E-state index contributed by atoms with van der Waals surface area (Å²) in [6.45, 7) is 7.09. The van der Waals surface area contributed by atoms with Gasteiger partial charge in [0.2, 0.25) is 5.88 Å². The summed E-state index contributed by atoms with van der Waals surface area (Å²) in [7, 11) is -1.11. The molecule has 0 aromatic carbocycles. The maximum absolute atomic E-state index is 12.9. The predicted molar refractivity (Wildman–Crippen MR) is 83.5 cm³/mol. The highest BCUT2D eigenvalue weighted by molar-refractivity contribution is 7.82. The second-order valence-electron chi connectivity index (χ2n) is 6.73. The van der Waals surface area contributed by atoms with Crippen LogP contribution in [-0.2, 0) is 11.0 Å². The summed E-state index contributed by atoms with van der Waals surface area (Å²) in [5, 5.41) is 0. The average molecular weight is 308 g/mol. The zero-order valence-corrected chi connectivity index (χ0v) is 13.9. The van der Waals surface area contributed by atoms with Crippen molar-refractivity contribution >= 4 is 11.0 Å². The van der Waals surface area contributed by atoms with E-state index in [4.69, 9.17) is 4.74 Å². The Morgan fingerprint density at radius 3 is 2.81 bits per heavy atom. The van der Waals surface area contributed by atoms with Gasteiger partial charge in [-0.15, -0.1) is 0 Å². The molecular weight excluding hydrogens is 284 g/mol. The third-order valence-corrected chi connectivity index (χ3v) is 6.18. The first-order chi connectivity index (χ1) is 9.99. The van der Waals surface area contributed by atoms with Crippen LogP contribution < -0.4 is 4.74 Å². The topological polar surface area (TPSA) is 42.4 Å². The smallest absolute Gasteiger partial charge is 0.214 e. The van der Waals surface area contributed by atoms with Crippen molar-refractivity contribution < 1.29 is 8.95 Å². The van der Waals surface area contributed by atoms with Crippen molar-refractivity contribution in [1.29, 1.82) is 0 Å². The molecule has 116 valence electrons. The number of rotatable bonds is 4. The lowest BCUT2D eigenvalue weighted by Gasteiger charge is -2.38. The van der Waals surface area contributed by atoms with Crippen LogP contribution in [-0.4, -0.2) is 32.2 Å². The van der Waals surface area contributed by atoms with Gasteiger partial charge in [0.05, 0.1) is 11.0 Å². The second-order valence-corrected chi connectivity index (χ2v) is 8.17. The van der Waals surface area contributed by atoms with Gasteiger partial charge in [0, 0.05) is 24.8 Å². The fraction of sp³-hybridized carbons (Fsp3) is 0.688. The Labute approximate surface area is 129 Å². The van der Waals surface area contributed by atoms with E-state index in [0.29, 0.717) is 17.3 Å².